The Morgan fingerprint density at radius 3 is 2.73 bits per heavy atom. The topological polar surface area (TPSA) is 90.5 Å². The molecule has 0 radical (unpaired) electrons. The highest BCUT2D eigenvalue weighted by atomic mass is 16.5. The van der Waals surface area contributed by atoms with Crippen LogP contribution in [0.5, 0.6) is 5.75 Å². The number of amides is 1. The average Bonchev–Trinajstić information content (AvgIpc) is 3.25. The van der Waals surface area contributed by atoms with Gasteiger partial charge in [-0.1, -0.05) is 11.6 Å². The molecule has 174 valence electrons. The number of aryl methyl sites for hydroxylation is 1. The van der Waals surface area contributed by atoms with Gasteiger partial charge in [0.15, 0.2) is 0 Å². The van der Waals surface area contributed by atoms with E-state index in [1.165, 1.54) is 24.8 Å². The fourth-order valence-corrected chi connectivity index (χ4v) is 4.17. The molecule has 8 heteroatoms. The molecule has 0 bridgehead atoms. The van der Waals surface area contributed by atoms with Crippen molar-refractivity contribution in [2.75, 3.05) is 13.2 Å². The van der Waals surface area contributed by atoms with Crippen molar-refractivity contribution in [3.63, 3.8) is 0 Å². The number of fused-ring (bicyclic) bond motifs is 1. The molecule has 1 N–H and O–H groups in total. The molecule has 8 nitrogen and oxygen atoms in total. The van der Waals surface area contributed by atoms with E-state index in [0.29, 0.717) is 38.2 Å². The van der Waals surface area contributed by atoms with Crippen molar-refractivity contribution in [3.8, 4) is 11.4 Å². The first-order valence-corrected chi connectivity index (χ1v) is 11.8. The van der Waals surface area contributed by atoms with Gasteiger partial charge in [-0.15, -0.1) is 10.2 Å². The first kappa shape index (κ1) is 22.8. The quantitative estimate of drug-likeness (QED) is 0.478. The number of allylic oxidation sites excluding steroid dienone is 1. The normalized spacial score (nSPS) is 13.7. The van der Waals surface area contributed by atoms with Crippen LogP contribution in [-0.2, 0) is 11.2 Å². The van der Waals surface area contributed by atoms with E-state index in [-0.39, 0.29) is 17.1 Å². The molecule has 1 aliphatic carbocycles. The number of nitrogens with zero attached hydrogens (tertiary/aromatic N) is 4. The first-order valence-electron chi connectivity index (χ1n) is 11.8. The summed E-state index contributed by atoms with van der Waals surface area (Å²) in [6.45, 7) is 3.22. The highest BCUT2D eigenvalue weighted by Gasteiger charge is 2.12. The second kappa shape index (κ2) is 10.9. The van der Waals surface area contributed by atoms with Gasteiger partial charge in [-0.05, 0) is 69.7 Å². The monoisotopic (exact) mass is 449 g/mol. The van der Waals surface area contributed by atoms with Gasteiger partial charge in [-0.2, -0.15) is 0 Å². The van der Waals surface area contributed by atoms with Crippen LogP contribution < -0.4 is 15.6 Å². The summed E-state index contributed by atoms with van der Waals surface area (Å²) in [5.41, 5.74) is 2.23. The molecule has 0 saturated heterocycles. The van der Waals surface area contributed by atoms with E-state index in [4.69, 9.17) is 4.74 Å². The SMILES string of the molecule is CCOc1ccc(-n2ccn3c(CCCC(=O)NCCC4=CCCCC4)nnc3c2=O)cc1. The van der Waals surface area contributed by atoms with Crippen LogP contribution in [0.3, 0.4) is 0 Å². The van der Waals surface area contributed by atoms with Crippen molar-refractivity contribution < 1.29 is 9.53 Å². The van der Waals surface area contributed by atoms with Crippen molar-refractivity contribution in [1.29, 1.82) is 0 Å². The molecule has 0 unspecified atom stereocenters. The minimum absolute atomic E-state index is 0.0538. The molecule has 4 rings (SSSR count). The summed E-state index contributed by atoms with van der Waals surface area (Å²) in [5.74, 6) is 1.49. The molecule has 0 atom stereocenters. The average molecular weight is 450 g/mol. The van der Waals surface area contributed by atoms with Crippen LogP contribution in [0.4, 0.5) is 0 Å². The summed E-state index contributed by atoms with van der Waals surface area (Å²) in [7, 11) is 0. The summed E-state index contributed by atoms with van der Waals surface area (Å²) in [4.78, 5) is 25.1. The predicted octanol–water partition coefficient (Wildman–Crippen LogP) is 3.61. The molecular formula is C25H31N5O3. The molecule has 1 amide bonds. The van der Waals surface area contributed by atoms with Gasteiger partial charge in [0.2, 0.25) is 11.6 Å². The molecule has 2 aromatic heterocycles. The van der Waals surface area contributed by atoms with E-state index in [2.05, 4.69) is 21.6 Å². The van der Waals surface area contributed by atoms with E-state index in [0.717, 1.165) is 24.3 Å². The fourth-order valence-electron chi connectivity index (χ4n) is 4.17. The van der Waals surface area contributed by atoms with Crippen LogP contribution in [0, 0.1) is 0 Å². The Balaban J connectivity index is 1.32. The number of hydrogen-bond donors (Lipinski definition) is 1. The number of rotatable bonds is 10. The lowest BCUT2D eigenvalue weighted by atomic mass is 9.97. The van der Waals surface area contributed by atoms with Crippen LogP contribution in [0.2, 0.25) is 0 Å². The second-order valence-electron chi connectivity index (χ2n) is 8.27. The molecule has 0 saturated carbocycles. The minimum atomic E-state index is -0.241. The smallest absolute Gasteiger partial charge is 0.300 e. The largest absolute Gasteiger partial charge is 0.494 e. The number of nitrogens with one attached hydrogen (secondary N) is 1. The van der Waals surface area contributed by atoms with Gasteiger partial charge in [0.05, 0.1) is 6.61 Å². The van der Waals surface area contributed by atoms with Gasteiger partial charge in [0, 0.05) is 37.5 Å². The van der Waals surface area contributed by atoms with Gasteiger partial charge >= 0.3 is 5.56 Å². The maximum absolute atomic E-state index is 12.9. The van der Waals surface area contributed by atoms with Gasteiger partial charge in [-0.3, -0.25) is 18.6 Å². The summed E-state index contributed by atoms with van der Waals surface area (Å²) in [6.07, 6.45) is 13.3. The molecule has 1 aliphatic rings. The standard InChI is InChI=1S/C25H31N5O3/c1-2-33-21-13-11-20(12-14-21)29-17-18-30-22(27-28-24(30)25(29)32)9-6-10-23(31)26-16-15-19-7-4-3-5-8-19/h7,11-14,17-18H,2-6,8-10,15-16H2,1H3,(H,26,31). The maximum atomic E-state index is 12.9. The maximum Gasteiger partial charge on any atom is 0.300 e. The number of aromatic nitrogens is 4. The predicted molar refractivity (Wildman–Crippen MR) is 127 cm³/mol. The van der Waals surface area contributed by atoms with Crippen molar-refractivity contribution in [1.82, 2.24) is 24.5 Å². The van der Waals surface area contributed by atoms with Crippen molar-refractivity contribution in [3.05, 3.63) is 64.5 Å². The van der Waals surface area contributed by atoms with E-state index in [1.807, 2.05) is 31.2 Å². The number of benzene rings is 1. The Morgan fingerprint density at radius 1 is 1.12 bits per heavy atom. The van der Waals surface area contributed by atoms with Gasteiger partial charge in [0.1, 0.15) is 11.6 Å². The van der Waals surface area contributed by atoms with Crippen LogP contribution in [0.25, 0.3) is 11.3 Å². The van der Waals surface area contributed by atoms with Crippen LogP contribution >= 0.6 is 0 Å². The Bertz CT molecular complexity index is 1180. The molecule has 2 heterocycles. The summed E-state index contributed by atoms with van der Waals surface area (Å²) < 4.78 is 8.71. The van der Waals surface area contributed by atoms with Gasteiger partial charge in [-0.25, -0.2) is 0 Å². The van der Waals surface area contributed by atoms with Crippen molar-refractivity contribution in [2.24, 2.45) is 0 Å². The van der Waals surface area contributed by atoms with Crippen molar-refractivity contribution >= 4 is 11.6 Å². The Hall–Kier alpha value is -3.42. The third-order valence-electron chi connectivity index (χ3n) is 5.92. The Morgan fingerprint density at radius 2 is 1.97 bits per heavy atom. The summed E-state index contributed by atoms with van der Waals surface area (Å²) in [6, 6.07) is 7.34. The Labute approximate surface area is 193 Å². The lowest BCUT2D eigenvalue weighted by Gasteiger charge is -2.12. The van der Waals surface area contributed by atoms with E-state index in [1.54, 1.807) is 21.4 Å². The number of carbonyl (C=O) groups excluding carboxylic acids is 1. The number of carbonyl (C=O) groups is 1. The zero-order valence-electron chi connectivity index (χ0n) is 19.1. The van der Waals surface area contributed by atoms with E-state index < -0.39 is 0 Å². The molecular weight excluding hydrogens is 418 g/mol. The van der Waals surface area contributed by atoms with Crippen LogP contribution in [0.15, 0.2) is 53.1 Å². The minimum Gasteiger partial charge on any atom is -0.494 e. The number of ether oxygens (including phenoxy) is 1. The number of hydrogen-bond acceptors (Lipinski definition) is 5. The molecule has 1 aromatic carbocycles. The summed E-state index contributed by atoms with van der Waals surface area (Å²) >= 11 is 0. The third-order valence-corrected chi connectivity index (χ3v) is 5.92. The second-order valence-corrected chi connectivity index (χ2v) is 8.27. The highest BCUT2D eigenvalue weighted by molar-refractivity contribution is 5.75. The molecule has 33 heavy (non-hydrogen) atoms. The van der Waals surface area contributed by atoms with Crippen LogP contribution in [0.1, 0.15) is 57.7 Å². The lowest BCUT2D eigenvalue weighted by molar-refractivity contribution is -0.121. The van der Waals surface area contributed by atoms with Gasteiger partial charge in [0.25, 0.3) is 0 Å². The summed E-state index contributed by atoms with van der Waals surface area (Å²) in [5, 5.41) is 11.3. The molecule has 0 fully saturated rings. The molecule has 0 aliphatic heterocycles. The Kier molecular flexibility index (Phi) is 7.55. The zero-order valence-corrected chi connectivity index (χ0v) is 19.1. The molecule has 3 aromatic rings. The van der Waals surface area contributed by atoms with E-state index >= 15 is 0 Å². The highest BCUT2D eigenvalue weighted by Crippen LogP contribution is 2.19. The third kappa shape index (κ3) is 5.69. The zero-order chi connectivity index (χ0) is 23.0. The fraction of sp³-hybridized carbons (Fsp3) is 0.440. The van der Waals surface area contributed by atoms with E-state index in [9.17, 15) is 9.59 Å². The van der Waals surface area contributed by atoms with Crippen molar-refractivity contribution in [2.45, 2.75) is 58.3 Å². The van der Waals surface area contributed by atoms with Gasteiger partial charge < -0.3 is 10.1 Å². The lowest BCUT2D eigenvalue weighted by Crippen LogP contribution is -2.24. The van der Waals surface area contributed by atoms with Crippen LogP contribution in [-0.4, -0.2) is 38.2 Å². The first-order chi connectivity index (χ1) is 16.2. The molecule has 0 spiro atoms.